The third-order valence-electron chi connectivity index (χ3n) is 3.23. The molecule has 0 aliphatic heterocycles. The molecule has 0 aliphatic carbocycles. The van der Waals surface area contributed by atoms with Crippen molar-refractivity contribution in [3.8, 4) is 0 Å². The molecule has 0 saturated heterocycles. The summed E-state index contributed by atoms with van der Waals surface area (Å²) in [5.74, 6) is 0.909. The molecule has 0 fully saturated rings. The fourth-order valence-corrected chi connectivity index (χ4v) is 2.89. The molecule has 0 N–H and O–H groups in total. The van der Waals surface area contributed by atoms with E-state index in [-0.39, 0.29) is 5.60 Å². The first kappa shape index (κ1) is 22.7. The monoisotopic (exact) mass is 347 g/mol. The number of rotatable bonds is 6. The number of benzene rings is 1. The van der Waals surface area contributed by atoms with Crippen molar-refractivity contribution in [2.45, 2.75) is 59.1 Å². The second-order valence-electron chi connectivity index (χ2n) is 5.19. The molecular weight excluding hydrogens is 314 g/mol. The lowest BCUT2D eigenvalue weighted by molar-refractivity contribution is -0.0129. The van der Waals surface area contributed by atoms with Crippen LogP contribution in [0.5, 0.6) is 0 Å². The van der Waals surface area contributed by atoms with Gasteiger partial charge in [-0.05, 0) is 44.0 Å². The maximum absolute atomic E-state index is 6.07. The average molecular weight is 348 g/mol. The molecule has 0 unspecified atom stereocenters. The van der Waals surface area contributed by atoms with Gasteiger partial charge in [0.1, 0.15) is 0 Å². The Bertz CT molecular complexity index is 541. The highest BCUT2D eigenvalue weighted by atomic mass is 32.2. The van der Waals surface area contributed by atoms with Crippen molar-refractivity contribution in [3.05, 3.63) is 59.8 Å². The SMILES string of the molecule is CC.CC.Cc1ccccc1C(C)(C)OCCSc1ccccn1. The quantitative estimate of drug-likeness (QED) is 0.440. The maximum Gasteiger partial charge on any atom is 0.0960 e. The summed E-state index contributed by atoms with van der Waals surface area (Å²) >= 11 is 1.72. The van der Waals surface area contributed by atoms with Crippen LogP contribution in [0.2, 0.25) is 0 Å². The minimum atomic E-state index is -0.254. The van der Waals surface area contributed by atoms with Crippen LogP contribution in [-0.4, -0.2) is 17.3 Å². The summed E-state index contributed by atoms with van der Waals surface area (Å²) < 4.78 is 6.07. The molecule has 2 nitrogen and oxygen atoms in total. The lowest BCUT2D eigenvalue weighted by Crippen LogP contribution is -2.24. The van der Waals surface area contributed by atoms with Gasteiger partial charge in [0.05, 0.1) is 17.2 Å². The summed E-state index contributed by atoms with van der Waals surface area (Å²) in [6.45, 7) is 15.1. The summed E-state index contributed by atoms with van der Waals surface area (Å²) in [6.07, 6.45) is 1.82. The summed E-state index contributed by atoms with van der Waals surface area (Å²) in [4.78, 5) is 4.29. The highest BCUT2D eigenvalue weighted by Crippen LogP contribution is 2.27. The predicted octanol–water partition coefficient (Wildman–Crippen LogP) is 6.49. The van der Waals surface area contributed by atoms with E-state index in [1.807, 2.05) is 52.1 Å². The average Bonchev–Trinajstić information content (AvgIpc) is 2.63. The van der Waals surface area contributed by atoms with Gasteiger partial charge in [0.25, 0.3) is 0 Å². The van der Waals surface area contributed by atoms with Crippen LogP contribution in [0.25, 0.3) is 0 Å². The Morgan fingerprint density at radius 1 is 0.958 bits per heavy atom. The van der Waals surface area contributed by atoms with E-state index in [0.717, 1.165) is 10.8 Å². The molecule has 1 heterocycles. The van der Waals surface area contributed by atoms with Crippen LogP contribution >= 0.6 is 11.8 Å². The Balaban J connectivity index is 0.00000123. The molecule has 1 aromatic heterocycles. The first-order valence-electron chi connectivity index (χ1n) is 8.83. The van der Waals surface area contributed by atoms with Gasteiger partial charge in [-0.3, -0.25) is 0 Å². The van der Waals surface area contributed by atoms with Gasteiger partial charge in [-0.25, -0.2) is 4.98 Å². The molecule has 0 radical (unpaired) electrons. The number of hydrogen-bond donors (Lipinski definition) is 0. The number of pyridine rings is 1. The Kier molecular flexibility index (Phi) is 12.3. The largest absolute Gasteiger partial charge is 0.370 e. The van der Waals surface area contributed by atoms with Gasteiger partial charge in [-0.15, -0.1) is 11.8 Å². The molecule has 0 spiro atoms. The molecule has 0 atom stereocenters. The van der Waals surface area contributed by atoms with E-state index in [9.17, 15) is 0 Å². The van der Waals surface area contributed by atoms with Crippen molar-refractivity contribution in [2.75, 3.05) is 12.4 Å². The molecule has 2 aromatic rings. The van der Waals surface area contributed by atoms with Crippen LogP contribution in [0.3, 0.4) is 0 Å². The van der Waals surface area contributed by atoms with E-state index >= 15 is 0 Å². The zero-order chi connectivity index (χ0) is 18.4. The van der Waals surface area contributed by atoms with Crippen molar-refractivity contribution in [1.29, 1.82) is 0 Å². The molecule has 0 amide bonds. The summed E-state index contributed by atoms with van der Waals surface area (Å²) in [6, 6.07) is 14.4. The highest BCUT2D eigenvalue weighted by molar-refractivity contribution is 7.99. The minimum absolute atomic E-state index is 0.254. The van der Waals surface area contributed by atoms with Crippen molar-refractivity contribution < 1.29 is 4.74 Å². The van der Waals surface area contributed by atoms with Crippen molar-refractivity contribution in [1.82, 2.24) is 4.98 Å². The zero-order valence-corrected chi connectivity index (χ0v) is 17.1. The molecule has 134 valence electrons. The number of ether oxygens (including phenoxy) is 1. The van der Waals surface area contributed by atoms with E-state index in [4.69, 9.17) is 4.74 Å². The van der Waals surface area contributed by atoms with E-state index in [2.05, 4.69) is 50.0 Å². The van der Waals surface area contributed by atoms with Gasteiger partial charge in [-0.2, -0.15) is 0 Å². The lowest BCUT2D eigenvalue weighted by Gasteiger charge is -2.27. The van der Waals surface area contributed by atoms with Crippen LogP contribution < -0.4 is 0 Å². The number of nitrogens with zero attached hydrogens (tertiary/aromatic N) is 1. The first-order chi connectivity index (χ1) is 11.6. The van der Waals surface area contributed by atoms with Crippen molar-refractivity contribution >= 4 is 11.8 Å². The van der Waals surface area contributed by atoms with Crippen LogP contribution in [0.4, 0.5) is 0 Å². The minimum Gasteiger partial charge on any atom is -0.370 e. The molecule has 0 aliphatic rings. The van der Waals surface area contributed by atoms with Gasteiger partial charge in [0.15, 0.2) is 0 Å². The van der Waals surface area contributed by atoms with E-state index < -0.39 is 0 Å². The fraction of sp³-hybridized carbons (Fsp3) is 0.476. The zero-order valence-electron chi connectivity index (χ0n) is 16.3. The predicted molar refractivity (Wildman–Crippen MR) is 108 cm³/mol. The summed E-state index contributed by atoms with van der Waals surface area (Å²) in [7, 11) is 0. The van der Waals surface area contributed by atoms with Crippen molar-refractivity contribution in [2.24, 2.45) is 0 Å². The summed E-state index contributed by atoms with van der Waals surface area (Å²) in [5.41, 5.74) is 2.27. The van der Waals surface area contributed by atoms with E-state index in [1.54, 1.807) is 11.8 Å². The van der Waals surface area contributed by atoms with Crippen molar-refractivity contribution in [3.63, 3.8) is 0 Å². The third-order valence-corrected chi connectivity index (χ3v) is 4.14. The van der Waals surface area contributed by atoms with Crippen LogP contribution in [0.15, 0.2) is 53.7 Å². The fourth-order valence-electron chi connectivity index (χ4n) is 2.20. The lowest BCUT2D eigenvalue weighted by atomic mass is 9.94. The molecule has 0 saturated carbocycles. The molecule has 2 rings (SSSR count). The standard InChI is InChI=1S/C17H21NOS.2C2H6/c1-14-8-4-5-9-15(14)17(2,3)19-12-13-20-16-10-6-7-11-18-16;2*1-2/h4-11H,12-13H2,1-3H3;2*1-2H3. The van der Waals surface area contributed by atoms with Gasteiger partial charge in [0, 0.05) is 11.9 Å². The van der Waals surface area contributed by atoms with Crippen LogP contribution in [-0.2, 0) is 10.3 Å². The molecule has 24 heavy (non-hydrogen) atoms. The van der Waals surface area contributed by atoms with Gasteiger partial charge in [0.2, 0.25) is 0 Å². The topological polar surface area (TPSA) is 22.1 Å². The Labute approximate surface area is 153 Å². The Hall–Kier alpha value is -1.32. The number of aryl methyl sites for hydroxylation is 1. The first-order valence-corrected chi connectivity index (χ1v) is 9.82. The molecule has 3 heteroatoms. The maximum atomic E-state index is 6.07. The van der Waals surface area contributed by atoms with E-state index in [0.29, 0.717) is 6.61 Å². The number of hydrogen-bond acceptors (Lipinski definition) is 3. The smallest absolute Gasteiger partial charge is 0.0960 e. The molecule has 0 bridgehead atoms. The van der Waals surface area contributed by atoms with Gasteiger partial charge < -0.3 is 4.74 Å². The van der Waals surface area contributed by atoms with E-state index in [1.165, 1.54) is 11.1 Å². The van der Waals surface area contributed by atoms with Crippen LogP contribution in [0.1, 0.15) is 52.7 Å². The second kappa shape index (κ2) is 13.0. The molecular formula is C21H33NOS. The van der Waals surface area contributed by atoms with Gasteiger partial charge in [-0.1, -0.05) is 58.0 Å². The highest BCUT2D eigenvalue weighted by Gasteiger charge is 2.22. The van der Waals surface area contributed by atoms with Gasteiger partial charge >= 0.3 is 0 Å². The van der Waals surface area contributed by atoms with Crippen LogP contribution in [0, 0.1) is 6.92 Å². The normalized spacial score (nSPS) is 10.1. The number of aromatic nitrogens is 1. The Morgan fingerprint density at radius 3 is 2.17 bits per heavy atom. The molecule has 1 aromatic carbocycles. The number of thioether (sulfide) groups is 1. The Morgan fingerprint density at radius 2 is 1.58 bits per heavy atom. The second-order valence-corrected chi connectivity index (χ2v) is 6.31. The summed E-state index contributed by atoms with van der Waals surface area (Å²) in [5, 5.41) is 1.05. The third kappa shape index (κ3) is 7.98.